The summed E-state index contributed by atoms with van der Waals surface area (Å²) in [5.41, 5.74) is 7.24. The number of H-pyrrole nitrogens is 1. The molecule has 0 aromatic carbocycles. The zero-order valence-electron chi connectivity index (χ0n) is 7.79. The van der Waals surface area contributed by atoms with E-state index in [1.807, 2.05) is 13.0 Å². The van der Waals surface area contributed by atoms with Gasteiger partial charge in [0.15, 0.2) is 5.65 Å². The van der Waals surface area contributed by atoms with Crippen LogP contribution < -0.4 is 5.73 Å². The molecule has 0 spiro atoms. The van der Waals surface area contributed by atoms with E-state index in [0.717, 1.165) is 21.5 Å². The molecule has 5 heteroatoms. The Kier molecular flexibility index (Phi) is 2.52. The molecule has 1 unspecified atom stereocenters. The van der Waals surface area contributed by atoms with Gasteiger partial charge in [-0.15, -0.1) is 0 Å². The Balaban J connectivity index is 2.51. The summed E-state index contributed by atoms with van der Waals surface area (Å²) in [4.78, 5) is 11.7. The third kappa shape index (κ3) is 1.65. The van der Waals surface area contributed by atoms with Crippen molar-refractivity contribution in [1.82, 2.24) is 15.0 Å². The zero-order chi connectivity index (χ0) is 10.1. The Bertz CT molecular complexity index is 451. The summed E-state index contributed by atoms with van der Waals surface area (Å²) in [6.07, 6.45) is 1.74. The third-order valence-electron chi connectivity index (χ3n) is 2.14. The molecule has 0 radical (unpaired) electrons. The molecule has 14 heavy (non-hydrogen) atoms. The lowest BCUT2D eigenvalue weighted by Gasteiger charge is -2.01. The first kappa shape index (κ1) is 9.61. The van der Waals surface area contributed by atoms with E-state index in [0.29, 0.717) is 6.54 Å². The highest BCUT2D eigenvalue weighted by Crippen LogP contribution is 2.18. The molecule has 74 valence electrons. The smallest absolute Gasteiger partial charge is 0.177 e. The van der Waals surface area contributed by atoms with Crippen molar-refractivity contribution >= 4 is 27.1 Å². The fourth-order valence-electron chi connectivity index (χ4n) is 1.24. The average Bonchev–Trinajstić information content (AvgIpc) is 2.59. The summed E-state index contributed by atoms with van der Waals surface area (Å²) in [6.45, 7) is 2.62. The number of pyridine rings is 1. The molecular weight excluding hydrogens is 244 g/mol. The van der Waals surface area contributed by atoms with Crippen LogP contribution in [0.5, 0.6) is 0 Å². The Hall–Kier alpha value is -0.940. The second-order valence-corrected chi connectivity index (χ2v) is 4.20. The highest BCUT2D eigenvalue weighted by molar-refractivity contribution is 9.10. The van der Waals surface area contributed by atoms with Gasteiger partial charge >= 0.3 is 0 Å². The van der Waals surface area contributed by atoms with Crippen LogP contribution in [0.15, 0.2) is 16.7 Å². The molecule has 0 fully saturated rings. The molecule has 3 N–H and O–H groups in total. The summed E-state index contributed by atoms with van der Waals surface area (Å²) >= 11 is 3.36. The van der Waals surface area contributed by atoms with Crippen LogP contribution in [0, 0.1) is 0 Å². The van der Waals surface area contributed by atoms with Gasteiger partial charge in [-0.1, -0.05) is 6.92 Å². The van der Waals surface area contributed by atoms with Crippen LogP contribution in [-0.4, -0.2) is 21.5 Å². The van der Waals surface area contributed by atoms with Gasteiger partial charge in [-0.25, -0.2) is 9.97 Å². The molecule has 0 aliphatic rings. The number of imidazole rings is 1. The standard InChI is InChI=1S/C9H11BrN4/c1-5(3-11)8-13-7-2-6(10)4-12-9(7)14-8/h2,4-5H,3,11H2,1H3,(H,12,13,14). The van der Waals surface area contributed by atoms with Crippen LogP contribution in [0.4, 0.5) is 0 Å². The van der Waals surface area contributed by atoms with Gasteiger partial charge in [0.2, 0.25) is 0 Å². The summed E-state index contributed by atoms with van der Waals surface area (Å²) in [6, 6.07) is 1.96. The second kappa shape index (κ2) is 3.67. The predicted molar refractivity (Wildman–Crippen MR) is 59.1 cm³/mol. The van der Waals surface area contributed by atoms with E-state index in [9.17, 15) is 0 Å². The summed E-state index contributed by atoms with van der Waals surface area (Å²) < 4.78 is 0.945. The summed E-state index contributed by atoms with van der Waals surface area (Å²) in [7, 11) is 0. The number of fused-ring (bicyclic) bond motifs is 1. The van der Waals surface area contributed by atoms with Gasteiger partial charge in [-0.3, -0.25) is 0 Å². The van der Waals surface area contributed by atoms with E-state index >= 15 is 0 Å². The van der Waals surface area contributed by atoms with Crippen molar-refractivity contribution in [3.8, 4) is 0 Å². The molecule has 0 aliphatic heterocycles. The van der Waals surface area contributed by atoms with Crippen LogP contribution in [0.1, 0.15) is 18.7 Å². The van der Waals surface area contributed by atoms with Crippen molar-refractivity contribution < 1.29 is 0 Å². The van der Waals surface area contributed by atoms with Gasteiger partial charge in [0.05, 0.1) is 5.52 Å². The number of nitrogens with two attached hydrogens (primary N) is 1. The first-order valence-corrected chi connectivity index (χ1v) is 5.21. The van der Waals surface area contributed by atoms with Gasteiger partial charge in [0.25, 0.3) is 0 Å². The lowest BCUT2D eigenvalue weighted by atomic mass is 10.2. The molecule has 2 aromatic heterocycles. The van der Waals surface area contributed by atoms with Gasteiger partial charge in [0, 0.05) is 23.1 Å². The molecule has 0 saturated carbocycles. The van der Waals surface area contributed by atoms with Crippen molar-refractivity contribution in [1.29, 1.82) is 0 Å². The van der Waals surface area contributed by atoms with E-state index in [2.05, 4.69) is 30.9 Å². The molecule has 0 aliphatic carbocycles. The normalized spacial score (nSPS) is 13.4. The number of hydrogen-bond acceptors (Lipinski definition) is 3. The molecule has 0 saturated heterocycles. The highest BCUT2D eigenvalue weighted by atomic mass is 79.9. The minimum absolute atomic E-state index is 0.239. The van der Waals surface area contributed by atoms with Crippen LogP contribution in [-0.2, 0) is 0 Å². The third-order valence-corrected chi connectivity index (χ3v) is 2.58. The number of rotatable bonds is 2. The maximum Gasteiger partial charge on any atom is 0.177 e. The highest BCUT2D eigenvalue weighted by Gasteiger charge is 2.09. The second-order valence-electron chi connectivity index (χ2n) is 3.28. The maximum absolute atomic E-state index is 5.57. The minimum Gasteiger partial charge on any atom is -0.340 e. The van der Waals surface area contributed by atoms with E-state index < -0.39 is 0 Å². The molecule has 4 nitrogen and oxygen atoms in total. The predicted octanol–water partition coefficient (Wildman–Crippen LogP) is 1.78. The maximum atomic E-state index is 5.57. The van der Waals surface area contributed by atoms with Crippen LogP contribution >= 0.6 is 15.9 Å². The Morgan fingerprint density at radius 2 is 2.43 bits per heavy atom. The molecular formula is C9H11BrN4. The van der Waals surface area contributed by atoms with Crippen LogP contribution in [0.3, 0.4) is 0 Å². The van der Waals surface area contributed by atoms with E-state index in [1.165, 1.54) is 0 Å². The van der Waals surface area contributed by atoms with Crippen molar-refractivity contribution in [2.75, 3.05) is 6.54 Å². The zero-order valence-corrected chi connectivity index (χ0v) is 9.37. The molecule has 2 heterocycles. The van der Waals surface area contributed by atoms with E-state index in [4.69, 9.17) is 5.73 Å². The molecule has 0 bridgehead atoms. The fraction of sp³-hybridized carbons (Fsp3) is 0.333. The Morgan fingerprint density at radius 1 is 1.64 bits per heavy atom. The quantitative estimate of drug-likeness (QED) is 0.859. The van der Waals surface area contributed by atoms with Crippen molar-refractivity contribution in [2.45, 2.75) is 12.8 Å². The van der Waals surface area contributed by atoms with Gasteiger partial charge < -0.3 is 10.7 Å². The first-order valence-electron chi connectivity index (χ1n) is 4.42. The summed E-state index contributed by atoms with van der Waals surface area (Å²) in [5, 5.41) is 0. The Morgan fingerprint density at radius 3 is 3.14 bits per heavy atom. The number of aromatic amines is 1. The van der Waals surface area contributed by atoms with Gasteiger partial charge in [0.1, 0.15) is 5.82 Å². The number of nitrogens with zero attached hydrogens (tertiary/aromatic N) is 2. The molecule has 1 atom stereocenters. The van der Waals surface area contributed by atoms with Crippen molar-refractivity contribution in [3.63, 3.8) is 0 Å². The van der Waals surface area contributed by atoms with E-state index in [-0.39, 0.29) is 5.92 Å². The topological polar surface area (TPSA) is 67.6 Å². The number of hydrogen-bond donors (Lipinski definition) is 2. The minimum atomic E-state index is 0.239. The fourth-order valence-corrected chi connectivity index (χ4v) is 1.57. The first-order chi connectivity index (χ1) is 6.70. The van der Waals surface area contributed by atoms with Crippen molar-refractivity contribution in [2.24, 2.45) is 5.73 Å². The Labute approximate surface area is 90.1 Å². The van der Waals surface area contributed by atoms with E-state index in [1.54, 1.807) is 6.20 Å². The SMILES string of the molecule is CC(CN)c1nc2ncc(Br)cc2[nH]1. The average molecular weight is 255 g/mol. The van der Waals surface area contributed by atoms with Crippen molar-refractivity contribution in [3.05, 3.63) is 22.6 Å². The number of nitrogens with one attached hydrogen (secondary N) is 1. The molecule has 2 rings (SSSR count). The molecule has 2 aromatic rings. The number of halogens is 1. The lowest BCUT2D eigenvalue weighted by molar-refractivity contribution is 0.727. The number of aromatic nitrogens is 3. The van der Waals surface area contributed by atoms with Gasteiger partial charge in [-0.2, -0.15) is 0 Å². The largest absolute Gasteiger partial charge is 0.340 e. The van der Waals surface area contributed by atoms with Crippen LogP contribution in [0.25, 0.3) is 11.2 Å². The van der Waals surface area contributed by atoms with Crippen LogP contribution in [0.2, 0.25) is 0 Å². The summed E-state index contributed by atoms with van der Waals surface area (Å²) in [5.74, 6) is 1.14. The lowest BCUT2D eigenvalue weighted by Crippen LogP contribution is -2.10. The monoisotopic (exact) mass is 254 g/mol. The van der Waals surface area contributed by atoms with Gasteiger partial charge in [-0.05, 0) is 22.0 Å². The molecule has 0 amide bonds.